The molecule has 0 saturated heterocycles. The molecule has 0 unspecified atom stereocenters. The summed E-state index contributed by atoms with van der Waals surface area (Å²) in [5, 5.41) is 4.44. The first-order chi connectivity index (χ1) is 8.63. The van der Waals surface area contributed by atoms with E-state index >= 15 is 0 Å². The van der Waals surface area contributed by atoms with Crippen molar-refractivity contribution in [2.45, 2.75) is 6.92 Å². The molecule has 0 saturated carbocycles. The van der Waals surface area contributed by atoms with Gasteiger partial charge < -0.3 is 5.73 Å². The van der Waals surface area contributed by atoms with Crippen LogP contribution in [0.25, 0.3) is 17.0 Å². The maximum atomic E-state index is 5.94. The van der Waals surface area contributed by atoms with E-state index in [9.17, 15) is 0 Å². The molecular weight excluding hydrogens is 292 g/mol. The SMILES string of the molecule is Cc1cc(N)c2nc(-c3ccc(Br)cc3)nn2c1. The van der Waals surface area contributed by atoms with Gasteiger partial charge in [0.15, 0.2) is 11.5 Å². The number of hydrogen-bond acceptors (Lipinski definition) is 3. The molecule has 4 nitrogen and oxygen atoms in total. The maximum absolute atomic E-state index is 5.94. The van der Waals surface area contributed by atoms with Crippen LogP contribution in [-0.4, -0.2) is 14.6 Å². The molecule has 90 valence electrons. The van der Waals surface area contributed by atoms with Crippen LogP contribution >= 0.6 is 15.9 Å². The normalized spacial score (nSPS) is 11.0. The summed E-state index contributed by atoms with van der Waals surface area (Å²) >= 11 is 3.41. The van der Waals surface area contributed by atoms with Crippen LogP contribution < -0.4 is 5.73 Å². The van der Waals surface area contributed by atoms with Crippen LogP contribution in [0.2, 0.25) is 0 Å². The molecule has 0 fully saturated rings. The lowest BCUT2D eigenvalue weighted by molar-refractivity contribution is 0.957. The Balaban J connectivity index is 2.19. The van der Waals surface area contributed by atoms with Crippen LogP contribution in [0.1, 0.15) is 5.56 Å². The number of halogens is 1. The lowest BCUT2D eigenvalue weighted by Gasteiger charge is -1.97. The number of aromatic nitrogens is 3. The summed E-state index contributed by atoms with van der Waals surface area (Å²) in [6.45, 7) is 1.98. The van der Waals surface area contributed by atoms with Gasteiger partial charge in [0.25, 0.3) is 0 Å². The molecule has 0 spiro atoms. The molecule has 0 aliphatic heterocycles. The van der Waals surface area contributed by atoms with Crippen molar-refractivity contribution in [3.63, 3.8) is 0 Å². The van der Waals surface area contributed by atoms with E-state index in [-0.39, 0.29) is 0 Å². The zero-order chi connectivity index (χ0) is 12.7. The maximum Gasteiger partial charge on any atom is 0.182 e. The lowest BCUT2D eigenvalue weighted by Crippen LogP contribution is -1.94. The van der Waals surface area contributed by atoms with Crippen LogP contribution in [0.3, 0.4) is 0 Å². The minimum absolute atomic E-state index is 0.644. The fourth-order valence-corrected chi connectivity index (χ4v) is 2.14. The van der Waals surface area contributed by atoms with E-state index in [1.54, 1.807) is 4.52 Å². The fourth-order valence-electron chi connectivity index (χ4n) is 1.87. The van der Waals surface area contributed by atoms with Gasteiger partial charge in [-0.2, -0.15) is 0 Å². The highest BCUT2D eigenvalue weighted by Gasteiger charge is 2.08. The zero-order valence-corrected chi connectivity index (χ0v) is 11.3. The number of nitrogens with zero attached hydrogens (tertiary/aromatic N) is 3. The van der Waals surface area contributed by atoms with Gasteiger partial charge in [0, 0.05) is 16.2 Å². The molecule has 3 aromatic rings. The standard InChI is InChI=1S/C13H11BrN4/c1-8-6-11(15)13-16-12(17-18(13)7-8)9-2-4-10(14)5-3-9/h2-7H,15H2,1H3. The second-order valence-electron chi connectivity index (χ2n) is 4.18. The average molecular weight is 303 g/mol. The molecule has 0 bridgehead atoms. The second kappa shape index (κ2) is 4.10. The Labute approximate surface area is 113 Å². The van der Waals surface area contributed by atoms with Crippen molar-refractivity contribution in [3.8, 4) is 11.4 Å². The van der Waals surface area contributed by atoms with Crippen molar-refractivity contribution in [2.24, 2.45) is 0 Å². The minimum atomic E-state index is 0.644. The number of rotatable bonds is 1. The Kier molecular flexibility index (Phi) is 2.56. The first-order valence-corrected chi connectivity index (χ1v) is 6.31. The van der Waals surface area contributed by atoms with E-state index in [1.165, 1.54) is 0 Å². The number of benzene rings is 1. The highest BCUT2D eigenvalue weighted by Crippen LogP contribution is 2.21. The van der Waals surface area contributed by atoms with Gasteiger partial charge in [-0.15, -0.1) is 5.10 Å². The van der Waals surface area contributed by atoms with Crippen molar-refractivity contribution >= 4 is 27.3 Å². The zero-order valence-electron chi connectivity index (χ0n) is 9.76. The van der Waals surface area contributed by atoms with Gasteiger partial charge in [0.05, 0.1) is 5.69 Å². The molecule has 18 heavy (non-hydrogen) atoms. The summed E-state index contributed by atoms with van der Waals surface area (Å²) in [6, 6.07) is 9.78. The van der Waals surface area contributed by atoms with Gasteiger partial charge in [0.2, 0.25) is 0 Å². The van der Waals surface area contributed by atoms with Gasteiger partial charge in [-0.25, -0.2) is 9.50 Å². The highest BCUT2D eigenvalue weighted by molar-refractivity contribution is 9.10. The third-order valence-corrected chi connectivity index (χ3v) is 3.23. The van der Waals surface area contributed by atoms with Crippen LogP contribution in [0, 0.1) is 6.92 Å². The quantitative estimate of drug-likeness (QED) is 0.751. The Hall–Kier alpha value is -1.88. The number of anilines is 1. The summed E-state index contributed by atoms with van der Waals surface area (Å²) in [4.78, 5) is 4.46. The van der Waals surface area contributed by atoms with E-state index in [2.05, 4.69) is 26.0 Å². The van der Waals surface area contributed by atoms with Crippen LogP contribution in [0.4, 0.5) is 5.69 Å². The molecule has 1 aromatic carbocycles. The average Bonchev–Trinajstić information content (AvgIpc) is 2.74. The number of nitrogens with two attached hydrogens (primary N) is 1. The van der Waals surface area contributed by atoms with Gasteiger partial charge >= 0.3 is 0 Å². The third-order valence-electron chi connectivity index (χ3n) is 2.70. The molecule has 0 aliphatic rings. The van der Waals surface area contributed by atoms with Crippen molar-refractivity contribution in [1.82, 2.24) is 14.6 Å². The van der Waals surface area contributed by atoms with Gasteiger partial charge in [-0.3, -0.25) is 0 Å². The number of pyridine rings is 1. The Morgan fingerprint density at radius 1 is 1.22 bits per heavy atom. The number of aryl methyl sites for hydroxylation is 1. The van der Waals surface area contributed by atoms with Crippen molar-refractivity contribution < 1.29 is 0 Å². The first kappa shape index (κ1) is 11.2. The number of fused-ring (bicyclic) bond motifs is 1. The van der Waals surface area contributed by atoms with Crippen molar-refractivity contribution in [3.05, 3.63) is 46.6 Å². The fraction of sp³-hybridized carbons (Fsp3) is 0.0769. The topological polar surface area (TPSA) is 56.2 Å². The van der Waals surface area contributed by atoms with Crippen molar-refractivity contribution in [2.75, 3.05) is 5.73 Å². The predicted octanol–water partition coefficient (Wildman–Crippen LogP) is 3.05. The molecule has 0 aliphatic carbocycles. The monoisotopic (exact) mass is 302 g/mol. The van der Waals surface area contributed by atoms with Gasteiger partial charge in [-0.05, 0) is 30.7 Å². The molecular formula is C13H11BrN4. The highest BCUT2D eigenvalue weighted by atomic mass is 79.9. The van der Waals surface area contributed by atoms with Gasteiger partial charge in [0.1, 0.15) is 0 Å². The van der Waals surface area contributed by atoms with E-state index in [0.29, 0.717) is 17.2 Å². The summed E-state index contributed by atoms with van der Waals surface area (Å²) in [5.74, 6) is 0.680. The van der Waals surface area contributed by atoms with Crippen molar-refractivity contribution in [1.29, 1.82) is 0 Å². The first-order valence-electron chi connectivity index (χ1n) is 5.52. The molecule has 0 amide bonds. The molecule has 5 heteroatoms. The minimum Gasteiger partial charge on any atom is -0.396 e. The molecule has 0 atom stereocenters. The Morgan fingerprint density at radius 3 is 2.67 bits per heavy atom. The molecule has 2 aromatic heterocycles. The predicted molar refractivity (Wildman–Crippen MR) is 75.3 cm³/mol. The summed E-state index contributed by atoms with van der Waals surface area (Å²) in [6.07, 6.45) is 1.92. The molecule has 2 N–H and O–H groups in total. The molecule has 3 rings (SSSR count). The van der Waals surface area contributed by atoms with Crippen LogP contribution in [-0.2, 0) is 0 Å². The number of hydrogen-bond donors (Lipinski definition) is 1. The van der Waals surface area contributed by atoms with Gasteiger partial charge in [-0.1, -0.05) is 28.1 Å². The van der Waals surface area contributed by atoms with E-state index in [0.717, 1.165) is 15.6 Å². The summed E-state index contributed by atoms with van der Waals surface area (Å²) < 4.78 is 2.76. The Morgan fingerprint density at radius 2 is 1.94 bits per heavy atom. The van der Waals surface area contributed by atoms with Crippen LogP contribution in [0.5, 0.6) is 0 Å². The molecule has 2 heterocycles. The number of nitrogen functional groups attached to an aromatic ring is 1. The largest absolute Gasteiger partial charge is 0.396 e. The summed E-state index contributed by atoms with van der Waals surface area (Å²) in [7, 11) is 0. The van der Waals surface area contributed by atoms with Crippen LogP contribution in [0.15, 0.2) is 41.0 Å². The molecule has 0 radical (unpaired) electrons. The smallest absolute Gasteiger partial charge is 0.182 e. The summed E-state index contributed by atoms with van der Waals surface area (Å²) in [5.41, 5.74) is 9.31. The second-order valence-corrected chi connectivity index (χ2v) is 5.10. The lowest BCUT2D eigenvalue weighted by atomic mass is 10.2. The Bertz CT molecular complexity index is 716. The van der Waals surface area contributed by atoms with E-state index < -0.39 is 0 Å². The van der Waals surface area contributed by atoms with E-state index in [1.807, 2.05) is 43.5 Å². The third kappa shape index (κ3) is 1.86. The van der Waals surface area contributed by atoms with E-state index in [4.69, 9.17) is 5.73 Å².